The van der Waals surface area contributed by atoms with Gasteiger partial charge in [-0.2, -0.15) is 0 Å². The number of ether oxygens (including phenoxy) is 3. The second-order valence-electron chi connectivity index (χ2n) is 4.57. The average molecular weight is 341 g/mol. The van der Waals surface area contributed by atoms with Crippen LogP contribution in [0.4, 0.5) is 4.79 Å². The van der Waals surface area contributed by atoms with Crippen LogP contribution in [0.1, 0.15) is 11.6 Å². The summed E-state index contributed by atoms with van der Waals surface area (Å²) in [5, 5.41) is 15.8. The lowest BCUT2D eigenvalue weighted by atomic mass is 9.99. The van der Waals surface area contributed by atoms with Gasteiger partial charge < -0.3 is 24.8 Å². The summed E-state index contributed by atoms with van der Waals surface area (Å²) in [5.41, 5.74) is 0.252. The molecule has 10 nitrogen and oxygen atoms in total. The highest BCUT2D eigenvalue weighted by molar-refractivity contribution is 5.75. The van der Waals surface area contributed by atoms with Gasteiger partial charge in [-0.3, -0.25) is 14.9 Å². The Labute approximate surface area is 138 Å². The molecule has 0 saturated carbocycles. The van der Waals surface area contributed by atoms with Gasteiger partial charge in [-0.15, -0.1) is 0 Å². The number of aldehydes is 1. The molecule has 0 aliphatic heterocycles. The summed E-state index contributed by atoms with van der Waals surface area (Å²) in [7, 11) is 5.52. The highest BCUT2D eigenvalue weighted by Crippen LogP contribution is 2.40. The van der Waals surface area contributed by atoms with Gasteiger partial charge in [0.05, 0.1) is 21.3 Å². The number of urea groups is 1. The molecule has 0 aromatic heterocycles. The zero-order valence-electron chi connectivity index (χ0n) is 13.7. The molecule has 0 unspecified atom stereocenters. The monoisotopic (exact) mass is 341 g/mol. The van der Waals surface area contributed by atoms with Gasteiger partial charge in [0, 0.05) is 12.0 Å². The molecule has 0 radical (unpaired) electrons. The summed E-state index contributed by atoms with van der Waals surface area (Å²) in [5.74, 6) is 0.762. The van der Waals surface area contributed by atoms with Gasteiger partial charge in [-0.05, 0) is 17.7 Å². The predicted octanol–water partition coefficient (Wildman–Crippen LogP) is 0.527. The summed E-state index contributed by atoms with van der Waals surface area (Å²) in [4.78, 5) is 33.2. The molecule has 0 fully saturated rings. The topological polar surface area (TPSA) is 129 Å². The lowest BCUT2D eigenvalue weighted by molar-refractivity contribution is -0.510. The molecule has 0 spiro atoms. The Hall–Kier alpha value is -3.04. The maximum Gasteiger partial charge on any atom is 0.315 e. The van der Waals surface area contributed by atoms with E-state index in [-0.39, 0.29) is 29.1 Å². The van der Waals surface area contributed by atoms with E-state index in [9.17, 15) is 19.7 Å². The average Bonchev–Trinajstić information content (AvgIpc) is 2.59. The smallest absolute Gasteiger partial charge is 0.315 e. The molecule has 132 valence electrons. The molecule has 1 aromatic carbocycles. The third-order valence-corrected chi connectivity index (χ3v) is 3.28. The highest BCUT2D eigenvalue weighted by Gasteiger charge is 2.35. The number of carbonyl (C=O) groups excluding carboxylic acids is 2. The van der Waals surface area contributed by atoms with Gasteiger partial charge in [0.1, 0.15) is 6.04 Å². The first kappa shape index (κ1) is 19.0. The number of methoxy groups -OCH3 is 3. The molecule has 0 heterocycles. The van der Waals surface area contributed by atoms with E-state index in [1.54, 1.807) is 0 Å². The van der Waals surface area contributed by atoms with Crippen molar-refractivity contribution in [2.24, 2.45) is 0 Å². The fourth-order valence-corrected chi connectivity index (χ4v) is 2.11. The van der Waals surface area contributed by atoms with Crippen molar-refractivity contribution in [3.63, 3.8) is 0 Å². The molecule has 10 heteroatoms. The molecule has 0 aliphatic rings. The van der Waals surface area contributed by atoms with Crippen molar-refractivity contribution in [2.45, 2.75) is 12.1 Å². The minimum atomic E-state index is -1.69. The lowest BCUT2D eigenvalue weighted by Gasteiger charge is -2.21. The molecule has 0 bridgehead atoms. The Kier molecular flexibility index (Phi) is 6.78. The van der Waals surface area contributed by atoms with Crippen molar-refractivity contribution in [3.8, 4) is 17.2 Å². The van der Waals surface area contributed by atoms with Crippen LogP contribution in [0.5, 0.6) is 17.2 Å². The van der Waals surface area contributed by atoms with E-state index in [2.05, 4.69) is 10.6 Å². The van der Waals surface area contributed by atoms with Gasteiger partial charge in [-0.25, -0.2) is 4.79 Å². The first-order valence-electron chi connectivity index (χ1n) is 6.80. The Bertz CT molecular complexity index is 595. The molecule has 1 aromatic rings. The van der Waals surface area contributed by atoms with E-state index < -0.39 is 23.0 Å². The van der Waals surface area contributed by atoms with Crippen LogP contribution in [0.15, 0.2) is 12.1 Å². The normalized spacial score (nSPS) is 12.5. The van der Waals surface area contributed by atoms with Crippen LogP contribution in [0, 0.1) is 10.1 Å². The first-order valence-corrected chi connectivity index (χ1v) is 6.80. The molecule has 24 heavy (non-hydrogen) atoms. The molecule has 0 aliphatic carbocycles. The second-order valence-corrected chi connectivity index (χ2v) is 4.57. The van der Waals surface area contributed by atoms with Crippen LogP contribution in [0.25, 0.3) is 0 Å². The zero-order valence-corrected chi connectivity index (χ0v) is 13.7. The van der Waals surface area contributed by atoms with Crippen molar-refractivity contribution < 1.29 is 28.7 Å². The molecule has 2 atom stereocenters. The Balaban J connectivity index is 3.48. The van der Waals surface area contributed by atoms with Crippen molar-refractivity contribution in [2.75, 3.05) is 28.4 Å². The van der Waals surface area contributed by atoms with Gasteiger partial charge in [0.25, 0.3) is 6.04 Å². The van der Waals surface area contributed by atoms with E-state index in [0.29, 0.717) is 0 Å². The first-order chi connectivity index (χ1) is 11.4. The van der Waals surface area contributed by atoms with E-state index in [4.69, 9.17) is 14.2 Å². The Morgan fingerprint density at radius 1 is 1.21 bits per heavy atom. The van der Waals surface area contributed by atoms with Gasteiger partial charge >= 0.3 is 6.03 Å². The minimum Gasteiger partial charge on any atom is -0.493 e. The number of nitrogens with one attached hydrogen (secondary N) is 2. The van der Waals surface area contributed by atoms with Crippen LogP contribution in [-0.2, 0) is 4.79 Å². The van der Waals surface area contributed by atoms with Crippen LogP contribution >= 0.6 is 0 Å². The third kappa shape index (κ3) is 4.03. The fourth-order valence-electron chi connectivity index (χ4n) is 2.11. The van der Waals surface area contributed by atoms with Crippen LogP contribution in [-0.4, -0.2) is 51.7 Å². The van der Waals surface area contributed by atoms with Crippen molar-refractivity contribution in [1.82, 2.24) is 10.6 Å². The number of nitro groups is 1. The van der Waals surface area contributed by atoms with Crippen molar-refractivity contribution in [1.29, 1.82) is 0 Å². The molecule has 2 N–H and O–H groups in total. The zero-order chi connectivity index (χ0) is 18.3. The summed E-state index contributed by atoms with van der Waals surface area (Å²) < 4.78 is 15.5. The molecule has 0 saturated heterocycles. The number of hydrogen-bond donors (Lipinski definition) is 2. The second kappa shape index (κ2) is 8.56. The molecular formula is C14H19N3O7. The quantitative estimate of drug-likeness (QED) is 0.401. The maximum absolute atomic E-state index is 11.6. The summed E-state index contributed by atoms with van der Waals surface area (Å²) in [6.07, 6.45) is 0.157. The molecule has 2 amide bonds. The SMILES string of the molecule is CNC(=O)N[C@@H](c1cc(OC)c(OC)c(OC)c1)[C@@H](C=O)[N+](=O)[O-]. The van der Waals surface area contributed by atoms with E-state index in [1.165, 1.54) is 40.5 Å². The van der Waals surface area contributed by atoms with Crippen LogP contribution < -0.4 is 24.8 Å². The maximum atomic E-state index is 11.6. The predicted molar refractivity (Wildman–Crippen MR) is 83.3 cm³/mol. The lowest BCUT2D eigenvalue weighted by Crippen LogP contribution is -2.44. The number of rotatable bonds is 8. The van der Waals surface area contributed by atoms with Gasteiger partial charge in [-0.1, -0.05) is 0 Å². The van der Waals surface area contributed by atoms with Crippen molar-refractivity contribution >= 4 is 12.3 Å². The number of amides is 2. The Morgan fingerprint density at radius 2 is 1.75 bits per heavy atom. The number of carbonyl (C=O) groups is 2. The van der Waals surface area contributed by atoms with E-state index in [1.807, 2.05) is 0 Å². The Morgan fingerprint density at radius 3 is 2.08 bits per heavy atom. The summed E-state index contributed by atoms with van der Waals surface area (Å²) in [6.45, 7) is 0. The fraction of sp³-hybridized carbons (Fsp3) is 0.429. The number of benzene rings is 1. The molecule has 1 rings (SSSR count). The van der Waals surface area contributed by atoms with Crippen LogP contribution in [0.3, 0.4) is 0 Å². The third-order valence-electron chi connectivity index (χ3n) is 3.28. The van der Waals surface area contributed by atoms with E-state index in [0.717, 1.165) is 0 Å². The standard InChI is InChI=1S/C14H19N3O7/c1-15-14(19)16-12(9(7-18)17(20)21)8-5-10(22-2)13(24-4)11(6-8)23-3/h5-7,9,12H,1-4H3,(H2,15,16,19)/t9-,12+/m1/s1. The van der Waals surface area contributed by atoms with Gasteiger partial charge in [0.15, 0.2) is 17.8 Å². The van der Waals surface area contributed by atoms with Gasteiger partial charge in [0.2, 0.25) is 5.75 Å². The number of hydrogen-bond acceptors (Lipinski definition) is 7. The largest absolute Gasteiger partial charge is 0.493 e. The van der Waals surface area contributed by atoms with Crippen molar-refractivity contribution in [3.05, 3.63) is 27.8 Å². The molecular weight excluding hydrogens is 322 g/mol. The highest BCUT2D eigenvalue weighted by atomic mass is 16.6. The van der Waals surface area contributed by atoms with E-state index >= 15 is 0 Å². The van der Waals surface area contributed by atoms with Crippen LogP contribution in [0.2, 0.25) is 0 Å². The summed E-state index contributed by atoms with van der Waals surface area (Å²) >= 11 is 0. The minimum absolute atomic E-state index is 0.157. The summed E-state index contributed by atoms with van der Waals surface area (Å²) in [6, 6.07) is -0.733. The number of nitrogens with zero attached hydrogens (tertiary/aromatic N) is 1.